The van der Waals surface area contributed by atoms with Crippen molar-refractivity contribution in [2.45, 2.75) is 44.2 Å². The number of rotatable bonds is 6. The Hall–Kier alpha value is -3.94. The van der Waals surface area contributed by atoms with E-state index in [0.29, 0.717) is 22.7 Å². The molecular weight excluding hydrogens is 449 g/mol. The second-order valence-electron chi connectivity index (χ2n) is 8.73. The van der Waals surface area contributed by atoms with Crippen LogP contribution in [0.25, 0.3) is 0 Å². The lowest BCUT2D eigenvalue weighted by molar-refractivity contribution is -0.123. The number of carbonyl (C=O) groups is 2. The van der Waals surface area contributed by atoms with Crippen LogP contribution in [-0.2, 0) is 4.79 Å². The Kier molecular flexibility index (Phi) is 6.61. The zero-order valence-electron chi connectivity index (χ0n) is 19.2. The molecule has 2 aromatic carbocycles. The quantitative estimate of drug-likeness (QED) is 0.555. The first-order chi connectivity index (χ1) is 17.1. The molecule has 0 unspecified atom stereocenters. The lowest BCUT2D eigenvalue weighted by atomic mass is 9.94. The van der Waals surface area contributed by atoms with E-state index >= 15 is 0 Å². The Morgan fingerprint density at radius 1 is 0.971 bits per heavy atom. The lowest BCUT2D eigenvalue weighted by Gasteiger charge is -2.33. The second-order valence-corrected chi connectivity index (χ2v) is 8.73. The van der Waals surface area contributed by atoms with Gasteiger partial charge in [-0.3, -0.25) is 19.5 Å². The predicted octanol–water partition coefficient (Wildman–Crippen LogP) is 4.79. The minimum Gasteiger partial charge on any atom is -0.454 e. The third kappa shape index (κ3) is 4.96. The van der Waals surface area contributed by atoms with Crippen LogP contribution in [0, 0.1) is 5.82 Å². The van der Waals surface area contributed by atoms with Gasteiger partial charge in [-0.2, -0.15) is 0 Å². The Morgan fingerprint density at radius 3 is 2.49 bits per heavy atom. The fourth-order valence-electron chi connectivity index (χ4n) is 4.62. The highest BCUT2D eigenvalue weighted by Crippen LogP contribution is 2.38. The van der Waals surface area contributed by atoms with Gasteiger partial charge in [0.2, 0.25) is 12.7 Å². The van der Waals surface area contributed by atoms with Gasteiger partial charge >= 0.3 is 0 Å². The first-order valence-electron chi connectivity index (χ1n) is 11.8. The summed E-state index contributed by atoms with van der Waals surface area (Å²) in [5.74, 6) is -0.176. The molecule has 1 aliphatic heterocycles. The van der Waals surface area contributed by atoms with E-state index in [4.69, 9.17) is 9.47 Å². The molecule has 0 radical (unpaired) electrons. The number of benzene rings is 2. The lowest BCUT2D eigenvalue weighted by Crippen LogP contribution is -2.47. The standard InChI is InChI=1S/C27H26FN3O4/c28-19-11-9-18(10-12-19)25(26(32)30-20-6-2-1-3-7-20)31(27(33)22-8-4-5-15-29-22)21-13-14-23-24(16-21)35-17-34-23/h4-5,8-16,20,25H,1-3,6-7,17H2,(H,30,32)/t25-/m1/s1. The van der Waals surface area contributed by atoms with Crippen molar-refractivity contribution in [2.24, 2.45) is 0 Å². The fourth-order valence-corrected chi connectivity index (χ4v) is 4.62. The number of ether oxygens (including phenoxy) is 2. The highest BCUT2D eigenvalue weighted by molar-refractivity contribution is 6.09. The zero-order valence-corrected chi connectivity index (χ0v) is 19.2. The molecular formula is C27H26FN3O4. The van der Waals surface area contributed by atoms with Gasteiger partial charge in [0.15, 0.2) is 11.5 Å². The highest BCUT2D eigenvalue weighted by atomic mass is 19.1. The molecule has 1 fully saturated rings. The number of pyridine rings is 1. The van der Waals surface area contributed by atoms with Crippen molar-refractivity contribution in [1.29, 1.82) is 0 Å². The molecule has 0 saturated heterocycles. The third-order valence-electron chi connectivity index (χ3n) is 6.38. The monoisotopic (exact) mass is 475 g/mol. The van der Waals surface area contributed by atoms with E-state index in [1.54, 1.807) is 36.4 Å². The van der Waals surface area contributed by atoms with Gasteiger partial charge in [0.1, 0.15) is 17.6 Å². The Labute approximate surface area is 202 Å². The molecule has 7 nitrogen and oxygen atoms in total. The van der Waals surface area contributed by atoms with Crippen LogP contribution in [0.1, 0.15) is 54.2 Å². The average molecular weight is 476 g/mol. The zero-order chi connectivity index (χ0) is 24.2. The van der Waals surface area contributed by atoms with Gasteiger partial charge in [0.25, 0.3) is 5.91 Å². The fraction of sp³-hybridized carbons (Fsp3) is 0.296. The van der Waals surface area contributed by atoms with Crippen LogP contribution >= 0.6 is 0 Å². The maximum atomic E-state index is 13.9. The van der Waals surface area contributed by atoms with Gasteiger partial charge in [0, 0.05) is 24.0 Å². The minimum absolute atomic E-state index is 0.0303. The van der Waals surface area contributed by atoms with E-state index in [9.17, 15) is 14.0 Å². The van der Waals surface area contributed by atoms with Crippen molar-refractivity contribution in [3.05, 3.63) is 83.9 Å². The Morgan fingerprint density at radius 2 is 1.74 bits per heavy atom. The average Bonchev–Trinajstić information content (AvgIpc) is 3.37. The summed E-state index contributed by atoms with van der Waals surface area (Å²) in [4.78, 5) is 33.3. The van der Waals surface area contributed by atoms with E-state index in [1.807, 2.05) is 0 Å². The summed E-state index contributed by atoms with van der Waals surface area (Å²) in [5, 5.41) is 3.14. The number of anilines is 1. The molecule has 8 heteroatoms. The molecule has 0 bridgehead atoms. The first kappa shape index (κ1) is 22.8. The molecule has 180 valence electrons. The molecule has 2 aliphatic rings. The van der Waals surface area contributed by atoms with Crippen LogP contribution in [0.4, 0.5) is 10.1 Å². The van der Waals surface area contributed by atoms with Gasteiger partial charge in [-0.25, -0.2) is 4.39 Å². The maximum Gasteiger partial charge on any atom is 0.277 e. The predicted molar refractivity (Wildman–Crippen MR) is 128 cm³/mol. The minimum atomic E-state index is -1.05. The summed E-state index contributed by atoms with van der Waals surface area (Å²) in [6.45, 7) is 0.0799. The van der Waals surface area contributed by atoms with Crippen LogP contribution in [0.5, 0.6) is 11.5 Å². The number of hydrogen-bond acceptors (Lipinski definition) is 5. The molecule has 1 atom stereocenters. The maximum absolute atomic E-state index is 13.9. The number of nitrogens with one attached hydrogen (secondary N) is 1. The summed E-state index contributed by atoms with van der Waals surface area (Å²) in [6, 6.07) is 14.8. The number of carbonyl (C=O) groups excluding carboxylic acids is 2. The molecule has 0 spiro atoms. The SMILES string of the molecule is O=C(NC1CCCCC1)[C@@H](c1ccc(F)cc1)N(C(=O)c1ccccn1)c1ccc2c(c1)OCO2. The molecule has 3 aromatic rings. The number of hydrogen-bond donors (Lipinski definition) is 1. The van der Waals surface area contributed by atoms with Crippen molar-refractivity contribution in [3.63, 3.8) is 0 Å². The molecule has 35 heavy (non-hydrogen) atoms. The number of halogens is 1. The van der Waals surface area contributed by atoms with Crippen LogP contribution in [0.2, 0.25) is 0 Å². The summed E-state index contributed by atoms with van der Waals surface area (Å²) in [6.07, 6.45) is 6.55. The summed E-state index contributed by atoms with van der Waals surface area (Å²) < 4.78 is 24.8. The van der Waals surface area contributed by atoms with Crippen molar-refractivity contribution < 1.29 is 23.5 Å². The van der Waals surface area contributed by atoms with Gasteiger partial charge < -0.3 is 14.8 Å². The van der Waals surface area contributed by atoms with Crippen LogP contribution in [-0.4, -0.2) is 29.6 Å². The topological polar surface area (TPSA) is 80.8 Å². The van der Waals surface area contributed by atoms with E-state index in [-0.39, 0.29) is 24.4 Å². The van der Waals surface area contributed by atoms with Gasteiger partial charge in [-0.05, 0) is 54.8 Å². The van der Waals surface area contributed by atoms with E-state index in [1.165, 1.54) is 35.4 Å². The van der Waals surface area contributed by atoms with Crippen molar-refractivity contribution in [3.8, 4) is 11.5 Å². The van der Waals surface area contributed by atoms with E-state index in [2.05, 4.69) is 10.3 Å². The van der Waals surface area contributed by atoms with Crippen LogP contribution < -0.4 is 19.7 Å². The van der Waals surface area contributed by atoms with E-state index < -0.39 is 17.8 Å². The van der Waals surface area contributed by atoms with Crippen molar-refractivity contribution in [1.82, 2.24) is 10.3 Å². The van der Waals surface area contributed by atoms with Crippen molar-refractivity contribution >= 4 is 17.5 Å². The summed E-state index contributed by atoms with van der Waals surface area (Å²) in [5.41, 5.74) is 1.11. The molecule has 1 N–H and O–H groups in total. The van der Waals surface area contributed by atoms with E-state index in [0.717, 1.165) is 32.1 Å². The highest BCUT2D eigenvalue weighted by Gasteiger charge is 2.36. The van der Waals surface area contributed by atoms with Crippen molar-refractivity contribution in [2.75, 3.05) is 11.7 Å². The van der Waals surface area contributed by atoms with Crippen LogP contribution in [0.15, 0.2) is 66.9 Å². The Balaban J connectivity index is 1.60. The third-order valence-corrected chi connectivity index (χ3v) is 6.38. The number of nitrogens with zero attached hydrogens (tertiary/aromatic N) is 2. The molecule has 2 heterocycles. The number of aromatic nitrogens is 1. The smallest absolute Gasteiger partial charge is 0.277 e. The number of amides is 2. The summed E-state index contributed by atoms with van der Waals surface area (Å²) in [7, 11) is 0. The second kappa shape index (κ2) is 10.1. The largest absolute Gasteiger partial charge is 0.454 e. The van der Waals surface area contributed by atoms with Crippen LogP contribution in [0.3, 0.4) is 0 Å². The van der Waals surface area contributed by atoms with Gasteiger partial charge in [0.05, 0.1) is 0 Å². The normalized spacial score (nSPS) is 15.9. The molecule has 2 amide bonds. The Bertz CT molecular complexity index is 1200. The molecule has 1 aromatic heterocycles. The number of fused-ring (bicyclic) bond motifs is 1. The molecule has 1 aliphatic carbocycles. The van der Waals surface area contributed by atoms with Gasteiger partial charge in [-0.1, -0.05) is 37.5 Å². The first-order valence-corrected chi connectivity index (χ1v) is 11.8. The van der Waals surface area contributed by atoms with Gasteiger partial charge in [-0.15, -0.1) is 0 Å². The summed E-state index contributed by atoms with van der Waals surface area (Å²) >= 11 is 0. The molecule has 1 saturated carbocycles. The molecule has 5 rings (SSSR count).